The van der Waals surface area contributed by atoms with E-state index < -0.39 is 0 Å². The molecular weight excluding hydrogens is 164 g/mol. The van der Waals surface area contributed by atoms with Gasteiger partial charge >= 0.3 is 0 Å². The highest BCUT2D eigenvalue weighted by atomic mass is 79.9. The van der Waals surface area contributed by atoms with Crippen molar-refractivity contribution in [2.75, 3.05) is 0 Å². The highest BCUT2D eigenvalue weighted by molar-refractivity contribution is 9.10. The average molecular weight is 169 g/mol. The summed E-state index contributed by atoms with van der Waals surface area (Å²) >= 11 is 3.27. The SMILES string of the molecule is [CH]c1ccccc1Br. The Morgan fingerprint density at radius 2 is 1.88 bits per heavy atom. The first-order chi connectivity index (χ1) is 3.80. The second kappa shape index (κ2) is 2.31. The van der Waals surface area contributed by atoms with Crippen LogP contribution in [0.5, 0.6) is 0 Å². The van der Waals surface area contributed by atoms with Gasteiger partial charge in [-0.3, -0.25) is 0 Å². The average Bonchev–Trinajstić information content (AvgIpc) is 1.77. The molecule has 8 heavy (non-hydrogen) atoms. The molecule has 0 bridgehead atoms. The Bertz CT molecular complexity index is 160. The maximum atomic E-state index is 5.47. The van der Waals surface area contributed by atoms with Gasteiger partial charge in [-0.05, 0) is 18.6 Å². The molecular formula is C7H5Br. The van der Waals surface area contributed by atoms with Crippen LogP contribution in [0.2, 0.25) is 0 Å². The van der Waals surface area contributed by atoms with E-state index in [1.807, 2.05) is 24.3 Å². The summed E-state index contributed by atoms with van der Waals surface area (Å²) in [7, 11) is 0. The molecule has 0 N–H and O–H groups in total. The van der Waals surface area contributed by atoms with E-state index in [1.165, 1.54) is 0 Å². The number of rotatable bonds is 0. The lowest BCUT2D eigenvalue weighted by Crippen LogP contribution is -1.69. The van der Waals surface area contributed by atoms with Crippen LogP contribution in [0.25, 0.3) is 0 Å². The Labute approximate surface area is 57.7 Å². The zero-order valence-electron chi connectivity index (χ0n) is 4.26. The molecule has 1 heteroatoms. The van der Waals surface area contributed by atoms with Gasteiger partial charge in [-0.25, -0.2) is 0 Å². The third-order valence-corrected chi connectivity index (χ3v) is 1.63. The molecule has 0 heterocycles. The third kappa shape index (κ3) is 1.10. The van der Waals surface area contributed by atoms with Crippen molar-refractivity contribution < 1.29 is 0 Å². The van der Waals surface area contributed by atoms with Crippen molar-refractivity contribution in [3.8, 4) is 0 Å². The second-order valence-electron chi connectivity index (χ2n) is 1.52. The van der Waals surface area contributed by atoms with Crippen LogP contribution < -0.4 is 0 Å². The van der Waals surface area contributed by atoms with E-state index in [2.05, 4.69) is 15.9 Å². The van der Waals surface area contributed by atoms with Crippen molar-refractivity contribution in [3.63, 3.8) is 0 Å². The van der Waals surface area contributed by atoms with E-state index in [-0.39, 0.29) is 0 Å². The molecule has 0 saturated carbocycles. The van der Waals surface area contributed by atoms with Gasteiger partial charge in [0, 0.05) is 4.47 Å². The summed E-state index contributed by atoms with van der Waals surface area (Å²) in [5.74, 6) is 0. The van der Waals surface area contributed by atoms with E-state index in [0.717, 1.165) is 10.0 Å². The Morgan fingerprint density at radius 3 is 2.25 bits per heavy atom. The lowest BCUT2D eigenvalue weighted by molar-refractivity contribution is 1.56. The van der Waals surface area contributed by atoms with Crippen molar-refractivity contribution in [2.24, 2.45) is 0 Å². The van der Waals surface area contributed by atoms with Crippen LogP contribution in [0.3, 0.4) is 0 Å². The lowest BCUT2D eigenvalue weighted by Gasteiger charge is -1.90. The minimum atomic E-state index is 0.785. The minimum Gasteiger partial charge on any atom is -0.0619 e. The van der Waals surface area contributed by atoms with E-state index >= 15 is 0 Å². The summed E-state index contributed by atoms with van der Waals surface area (Å²) < 4.78 is 0.958. The van der Waals surface area contributed by atoms with Gasteiger partial charge in [0.25, 0.3) is 0 Å². The Morgan fingerprint density at radius 1 is 1.25 bits per heavy atom. The van der Waals surface area contributed by atoms with Gasteiger partial charge in [0.2, 0.25) is 0 Å². The number of benzene rings is 1. The van der Waals surface area contributed by atoms with Gasteiger partial charge in [-0.15, -0.1) is 0 Å². The number of hydrogen-bond acceptors (Lipinski definition) is 0. The summed E-state index contributed by atoms with van der Waals surface area (Å²) in [6, 6.07) is 7.60. The molecule has 0 spiro atoms. The molecule has 1 rings (SSSR count). The standard InChI is InChI=1S/C7H5Br/c1-6-4-2-3-5-7(6)8/h1-5H. The fourth-order valence-corrected chi connectivity index (χ4v) is 0.760. The first-order valence-electron chi connectivity index (χ1n) is 2.31. The fraction of sp³-hybridized carbons (Fsp3) is 0. The largest absolute Gasteiger partial charge is 0.0619 e. The monoisotopic (exact) mass is 168 g/mol. The minimum absolute atomic E-state index is 0.785. The van der Waals surface area contributed by atoms with Crippen LogP contribution >= 0.6 is 15.9 Å². The van der Waals surface area contributed by atoms with Crippen molar-refractivity contribution in [1.82, 2.24) is 0 Å². The van der Waals surface area contributed by atoms with E-state index in [1.54, 1.807) is 0 Å². The molecule has 0 unspecified atom stereocenters. The van der Waals surface area contributed by atoms with Gasteiger partial charge in [-0.1, -0.05) is 34.1 Å². The van der Waals surface area contributed by atoms with Crippen LogP contribution in [0.1, 0.15) is 5.56 Å². The molecule has 40 valence electrons. The quantitative estimate of drug-likeness (QED) is 0.559. The van der Waals surface area contributed by atoms with Gasteiger partial charge in [0.05, 0.1) is 0 Å². The Balaban J connectivity index is 3.13. The van der Waals surface area contributed by atoms with Crippen molar-refractivity contribution in [1.29, 1.82) is 0 Å². The summed E-state index contributed by atoms with van der Waals surface area (Å²) in [5, 5.41) is 0. The lowest BCUT2D eigenvalue weighted by atomic mass is 10.2. The van der Waals surface area contributed by atoms with Crippen molar-refractivity contribution >= 4 is 15.9 Å². The molecule has 0 aromatic heterocycles. The topological polar surface area (TPSA) is 0 Å². The number of hydrogen-bond donors (Lipinski definition) is 0. The Hall–Kier alpha value is -0.300. The van der Waals surface area contributed by atoms with Gasteiger partial charge in [0.15, 0.2) is 0 Å². The molecule has 0 nitrogen and oxygen atoms in total. The maximum Gasteiger partial charge on any atom is 0.0210 e. The van der Waals surface area contributed by atoms with Gasteiger partial charge < -0.3 is 0 Å². The van der Waals surface area contributed by atoms with E-state index in [0.29, 0.717) is 0 Å². The number of halogens is 1. The maximum absolute atomic E-state index is 5.47. The highest BCUT2D eigenvalue weighted by Crippen LogP contribution is 2.13. The van der Waals surface area contributed by atoms with Crippen LogP contribution in [0.15, 0.2) is 28.7 Å². The molecule has 0 aliphatic heterocycles. The van der Waals surface area contributed by atoms with Crippen LogP contribution in [0.4, 0.5) is 0 Å². The summed E-state index contributed by atoms with van der Waals surface area (Å²) in [6.45, 7) is 5.47. The fourth-order valence-electron chi connectivity index (χ4n) is 0.475. The van der Waals surface area contributed by atoms with Crippen LogP contribution in [-0.4, -0.2) is 0 Å². The molecule has 0 atom stereocenters. The predicted octanol–water partition coefficient (Wildman–Crippen LogP) is 2.51. The molecule has 0 saturated heterocycles. The Kier molecular flexibility index (Phi) is 1.69. The molecule has 2 radical (unpaired) electrons. The summed E-state index contributed by atoms with van der Waals surface area (Å²) in [4.78, 5) is 0. The van der Waals surface area contributed by atoms with Crippen molar-refractivity contribution in [2.45, 2.75) is 0 Å². The molecule has 0 aliphatic carbocycles. The zero-order valence-corrected chi connectivity index (χ0v) is 5.85. The van der Waals surface area contributed by atoms with E-state index in [9.17, 15) is 0 Å². The molecule has 0 amide bonds. The summed E-state index contributed by atoms with van der Waals surface area (Å²) in [5.41, 5.74) is 0.785. The van der Waals surface area contributed by atoms with Crippen LogP contribution in [-0.2, 0) is 0 Å². The summed E-state index contributed by atoms with van der Waals surface area (Å²) in [6.07, 6.45) is 0. The zero-order chi connectivity index (χ0) is 5.98. The smallest absolute Gasteiger partial charge is 0.0210 e. The van der Waals surface area contributed by atoms with Gasteiger partial charge in [0.1, 0.15) is 0 Å². The van der Waals surface area contributed by atoms with Crippen LogP contribution in [0, 0.1) is 6.92 Å². The molecule has 0 fully saturated rings. The first-order valence-corrected chi connectivity index (χ1v) is 3.10. The third-order valence-electron chi connectivity index (χ3n) is 0.905. The normalized spacial score (nSPS) is 9.25. The van der Waals surface area contributed by atoms with E-state index in [4.69, 9.17) is 6.92 Å². The predicted molar refractivity (Wildman–Crippen MR) is 37.5 cm³/mol. The van der Waals surface area contributed by atoms with Crippen molar-refractivity contribution in [3.05, 3.63) is 41.2 Å². The molecule has 0 aliphatic rings. The molecule has 1 aromatic rings. The molecule has 1 aromatic carbocycles. The highest BCUT2D eigenvalue weighted by Gasteiger charge is 1.86. The van der Waals surface area contributed by atoms with Gasteiger partial charge in [-0.2, -0.15) is 0 Å². The second-order valence-corrected chi connectivity index (χ2v) is 2.38. The first kappa shape index (κ1) is 5.83.